The lowest BCUT2D eigenvalue weighted by Gasteiger charge is -2.37. The average molecular weight is 357 g/mol. The summed E-state index contributed by atoms with van der Waals surface area (Å²) in [7, 11) is -3.51. The van der Waals surface area contributed by atoms with Crippen LogP contribution in [-0.4, -0.2) is 36.9 Å². The zero-order valence-corrected chi connectivity index (χ0v) is 14.7. The van der Waals surface area contributed by atoms with Gasteiger partial charge in [-0.05, 0) is 36.2 Å². The monoisotopic (exact) mass is 357 g/mol. The Morgan fingerprint density at radius 3 is 2.64 bits per heavy atom. The van der Waals surface area contributed by atoms with Gasteiger partial charge in [0.15, 0.2) is 0 Å². The van der Waals surface area contributed by atoms with Crippen LogP contribution in [0.4, 0.5) is 0 Å². The van der Waals surface area contributed by atoms with Crippen LogP contribution in [0.15, 0.2) is 47.5 Å². The number of aromatic nitrogens is 1. The second-order valence-corrected chi connectivity index (χ2v) is 7.86. The Balaban J connectivity index is 1.64. The van der Waals surface area contributed by atoms with Gasteiger partial charge in [-0.1, -0.05) is 25.5 Å². The van der Waals surface area contributed by atoms with Crippen molar-refractivity contribution in [3.8, 4) is 11.9 Å². The molecule has 0 saturated carbocycles. The predicted molar refractivity (Wildman–Crippen MR) is 92.6 cm³/mol. The fourth-order valence-corrected chi connectivity index (χ4v) is 4.17. The van der Waals surface area contributed by atoms with Crippen LogP contribution in [0.3, 0.4) is 0 Å². The van der Waals surface area contributed by atoms with Crippen LogP contribution in [0.25, 0.3) is 0 Å². The number of benzene rings is 1. The molecule has 6 nitrogen and oxygen atoms in total. The minimum absolute atomic E-state index is 0.246. The molecule has 1 saturated heterocycles. The lowest BCUT2D eigenvalue weighted by molar-refractivity contribution is 0.0718. The van der Waals surface area contributed by atoms with E-state index in [1.54, 1.807) is 30.5 Å². The Morgan fingerprint density at radius 1 is 1.28 bits per heavy atom. The molecule has 25 heavy (non-hydrogen) atoms. The third kappa shape index (κ3) is 3.65. The molecule has 7 heteroatoms. The standard InChI is InChI=1S/C18H19N3O3S/c1-2-4-14-6-8-17(9-7-14)25(22,23)21-12-16(13-21)24-18-15(11-19)5-3-10-20-18/h3,5-10,16H,2,4,12-13H2,1H3. The highest BCUT2D eigenvalue weighted by Crippen LogP contribution is 2.25. The van der Waals surface area contributed by atoms with E-state index >= 15 is 0 Å². The molecule has 2 heterocycles. The van der Waals surface area contributed by atoms with Gasteiger partial charge in [-0.3, -0.25) is 0 Å². The third-order valence-electron chi connectivity index (χ3n) is 4.08. The van der Waals surface area contributed by atoms with Gasteiger partial charge in [0.2, 0.25) is 15.9 Å². The van der Waals surface area contributed by atoms with Crippen molar-refractivity contribution < 1.29 is 13.2 Å². The number of nitrogens with zero attached hydrogens (tertiary/aromatic N) is 3. The zero-order chi connectivity index (χ0) is 17.9. The molecule has 1 aliphatic rings. The molecule has 1 aliphatic heterocycles. The van der Waals surface area contributed by atoms with Crippen molar-refractivity contribution in [1.29, 1.82) is 5.26 Å². The van der Waals surface area contributed by atoms with Gasteiger partial charge in [0.05, 0.1) is 18.0 Å². The van der Waals surface area contributed by atoms with Gasteiger partial charge in [-0.15, -0.1) is 0 Å². The molecule has 2 aromatic rings. The first-order valence-corrected chi connectivity index (χ1v) is 9.59. The summed E-state index contributed by atoms with van der Waals surface area (Å²) in [6.07, 6.45) is 3.21. The summed E-state index contributed by atoms with van der Waals surface area (Å²) in [5.41, 5.74) is 1.47. The molecule has 0 bridgehead atoms. The van der Waals surface area contributed by atoms with Crippen LogP contribution in [0, 0.1) is 11.3 Å². The van der Waals surface area contributed by atoms with Crippen LogP contribution >= 0.6 is 0 Å². The molecule has 1 aromatic carbocycles. The fraction of sp³-hybridized carbons (Fsp3) is 0.333. The number of nitriles is 1. The summed E-state index contributed by atoms with van der Waals surface area (Å²) >= 11 is 0. The van der Waals surface area contributed by atoms with Crippen molar-refractivity contribution >= 4 is 10.0 Å². The summed E-state index contributed by atoms with van der Waals surface area (Å²) in [6, 6.07) is 12.3. The second-order valence-electron chi connectivity index (χ2n) is 5.92. The van der Waals surface area contributed by atoms with E-state index in [9.17, 15) is 8.42 Å². The first-order valence-electron chi connectivity index (χ1n) is 8.15. The predicted octanol–water partition coefficient (Wildman–Crippen LogP) is 2.36. The molecular weight excluding hydrogens is 338 g/mol. The summed E-state index contributed by atoms with van der Waals surface area (Å²) in [6.45, 7) is 2.59. The smallest absolute Gasteiger partial charge is 0.243 e. The number of ether oxygens (including phenoxy) is 1. The largest absolute Gasteiger partial charge is 0.471 e. The van der Waals surface area contributed by atoms with Crippen molar-refractivity contribution in [2.45, 2.75) is 30.8 Å². The maximum Gasteiger partial charge on any atom is 0.243 e. The highest BCUT2D eigenvalue weighted by Gasteiger charge is 2.38. The maximum atomic E-state index is 12.6. The molecule has 0 spiro atoms. The molecular formula is C18H19N3O3S. The van der Waals surface area contributed by atoms with E-state index in [0.29, 0.717) is 10.5 Å². The average Bonchev–Trinajstić information content (AvgIpc) is 2.58. The van der Waals surface area contributed by atoms with E-state index in [-0.39, 0.29) is 25.1 Å². The molecule has 1 fully saturated rings. The Morgan fingerprint density at radius 2 is 2.00 bits per heavy atom. The van der Waals surface area contributed by atoms with Gasteiger partial charge < -0.3 is 4.74 Å². The number of aryl methyl sites for hydroxylation is 1. The van der Waals surface area contributed by atoms with Gasteiger partial charge in [-0.2, -0.15) is 9.57 Å². The minimum atomic E-state index is -3.51. The molecule has 0 radical (unpaired) electrons. The third-order valence-corrected chi connectivity index (χ3v) is 5.93. The van der Waals surface area contributed by atoms with Crippen LogP contribution in [-0.2, 0) is 16.4 Å². The quantitative estimate of drug-likeness (QED) is 0.792. The summed E-state index contributed by atoms with van der Waals surface area (Å²) in [5.74, 6) is 0.246. The summed E-state index contributed by atoms with van der Waals surface area (Å²) in [5, 5.41) is 9.04. The molecule has 130 valence electrons. The first-order chi connectivity index (χ1) is 12.0. The van der Waals surface area contributed by atoms with Crippen LogP contribution in [0.2, 0.25) is 0 Å². The molecule has 0 N–H and O–H groups in total. The number of rotatable bonds is 6. The highest BCUT2D eigenvalue weighted by molar-refractivity contribution is 7.89. The number of sulfonamides is 1. The Hall–Kier alpha value is -2.43. The Bertz CT molecular complexity index is 883. The summed E-state index contributed by atoms with van der Waals surface area (Å²) < 4.78 is 32.2. The fourth-order valence-electron chi connectivity index (χ4n) is 2.67. The minimum Gasteiger partial charge on any atom is -0.471 e. The van der Waals surface area contributed by atoms with E-state index in [1.807, 2.05) is 18.2 Å². The van der Waals surface area contributed by atoms with E-state index in [2.05, 4.69) is 11.9 Å². The lowest BCUT2D eigenvalue weighted by atomic mass is 10.1. The maximum absolute atomic E-state index is 12.6. The first kappa shape index (κ1) is 17.4. The topological polar surface area (TPSA) is 83.3 Å². The van der Waals surface area contributed by atoms with E-state index in [4.69, 9.17) is 10.00 Å². The molecule has 0 amide bonds. The van der Waals surface area contributed by atoms with Crippen LogP contribution in [0.5, 0.6) is 5.88 Å². The molecule has 0 unspecified atom stereocenters. The van der Waals surface area contributed by atoms with Crippen molar-refractivity contribution in [2.24, 2.45) is 0 Å². The van der Waals surface area contributed by atoms with Crippen LogP contribution < -0.4 is 4.74 Å². The van der Waals surface area contributed by atoms with E-state index in [1.165, 1.54) is 4.31 Å². The molecule has 1 aromatic heterocycles. The second kappa shape index (κ2) is 7.21. The lowest BCUT2D eigenvalue weighted by Crippen LogP contribution is -2.56. The van der Waals surface area contributed by atoms with Crippen molar-refractivity contribution in [2.75, 3.05) is 13.1 Å². The Kier molecular flexibility index (Phi) is 5.02. The van der Waals surface area contributed by atoms with E-state index in [0.717, 1.165) is 18.4 Å². The number of hydrogen-bond acceptors (Lipinski definition) is 5. The molecule has 0 atom stereocenters. The van der Waals surface area contributed by atoms with E-state index < -0.39 is 10.0 Å². The van der Waals surface area contributed by atoms with Crippen molar-refractivity contribution in [1.82, 2.24) is 9.29 Å². The van der Waals surface area contributed by atoms with Gasteiger partial charge in [-0.25, -0.2) is 13.4 Å². The highest BCUT2D eigenvalue weighted by atomic mass is 32.2. The van der Waals surface area contributed by atoms with Gasteiger partial charge in [0, 0.05) is 6.20 Å². The van der Waals surface area contributed by atoms with Crippen molar-refractivity contribution in [3.63, 3.8) is 0 Å². The molecule has 3 rings (SSSR count). The number of hydrogen-bond donors (Lipinski definition) is 0. The number of pyridine rings is 1. The Labute approximate surface area is 147 Å². The van der Waals surface area contributed by atoms with Gasteiger partial charge in [0.1, 0.15) is 17.7 Å². The van der Waals surface area contributed by atoms with Crippen molar-refractivity contribution in [3.05, 3.63) is 53.7 Å². The SMILES string of the molecule is CCCc1ccc(S(=O)(=O)N2CC(Oc3ncccc3C#N)C2)cc1. The van der Waals surface area contributed by atoms with Crippen LogP contribution in [0.1, 0.15) is 24.5 Å². The van der Waals surface area contributed by atoms with Gasteiger partial charge >= 0.3 is 0 Å². The summed E-state index contributed by atoms with van der Waals surface area (Å²) in [4.78, 5) is 4.32. The van der Waals surface area contributed by atoms with Gasteiger partial charge in [0.25, 0.3) is 0 Å². The molecule has 0 aliphatic carbocycles. The normalized spacial score (nSPS) is 15.4. The zero-order valence-electron chi connectivity index (χ0n) is 13.9.